The molecule has 0 radical (unpaired) electrons. The van der Waals surface area contributed by atoms with Gasteiger partial charge in [-0.3, -0.25) is 4.79 Å². The van der Waals surface area contributed by atoms with Crippen LogP contribution in [0, 0.1) is 0 Å². The van der Waals surface area contributed by atoms with Crippen LogP contribution >= 0.6 is 23.4 Å². The summed E-state index contributed by atoms with van der Waals surface area (Å²) >= 11 is 7.36. The van der Waals surface area contributed by atoms with E-state index in [1.54, 1.807) is 24.2 Å². The van der Waals surface area contributed by atoms with Crippen molar-refractivity contribution >= 4 is 41.9 Å². The van der Waals surface area contributed by atoms with E-state index in [2.05, 4.69) is 9.97 Å². The van der Waals surface area contributed by atoms with E-state index in [1.807, 2.05) is 32.6 Å². The molecule has 28 heavy (non-hydrogen) atoms. The molecular formula is C19H29BClN3O3S. The van der Waals surface area contributed by atoms with Crippen molar-refractivity contribution < 1.29 is 14.1 Å². The third kappa shape index (κ3) is 4.83. The lowest BCUT2D eigenvalue weighted by molar-refractivity contribution is -0.132. The largest absolute Gasteiger partial charge is 0.498 e. The van der Waals surface area contributed by atoms with Gasteiger partial charge in [0.1, 0.15) is 5.88 Å². The monoisotopic (exact) mass is 425 g/mol. The number of hydrogen-bond donors (Lipinski definition) is 0. The zero-order valence-corrected chi connectivity index (χ0v) is 18.7. The number of likely N-dealkylation sites (tertiary alicyclic amines) is 1. The number of amides is 1. The Morgan fingerprint density at radius 1 is 1.25 bits per heavy atom. The molecule has 1 atom stereocenters. The first kappa shape index (κ1) is 21.9. The van der Waals surface area contributed by atoms with Gasteiger partial charge in [-0.15, -0.1) is 11.6 Å². The van der Waals surface area contributed by atoms with E-state index in [-0.39, 0.29) is 29.0 Å². The van der Waals surface area contributed by atoms with Gasteiger partial charge in [-0.2, -0.15) is 0 Å². The maximum atomic E-state index is 12.0. The summed E-state index contributed by atoms with van der Waals surface area (Å²) in [5.74, 6) is 0.971. The number of nitrogens with zero attached hydrogens (tertiary/aromatic N) is 3. The summed E-state index contributed by atoms with van der Waals surface area (Å²) in [5, 5.41) is 0.728. The molecule has 2 saturated heterocycles. The van der Waals surface area contributed by atoms with Gasteiger partial charge >= 0.3 is 7.12 Å². The molecule has 0 N–H and O–H groups in total. The summed E-state index contributed by atoms with van der Waals surface area (Å²) in [7, 11) is -0.443. The third-order valence-corrected chi connectivity index (χ3v) is 7.06. The van der Waals surface area contributed by atoms with Gasteiger partial charge in [0.2, 0.25) is 5.91 Å². The van der Waals surface area contributed by atoms with Gasteiger partial charge in [0, 0.05) is 36.2 Å². The topological polar surface area (TPSA) is 64.5 Å². The molecule has 9 heteroatoms. The van der Waals surface area contributed by atoms with Crippen LogP contribution in [0.1, 0.15) is 53.4 Å². The number of carbonyl (C=O) groups is 1. The number of aromatic nitrogens is 2. The van der Waals surface area contributed by atoms with Crippen LogP contribution in [-0.2, 0) is 14.1 Å². The number of rotatable bonds is 6. The van der Waals surface area contributed by atoms with Gasteiger partial charge in [0.25, 0.3) is 0 Å². The first-order valence-corrected chi connectivity index (χ1v) is 11.4. The fourth-order valence-electron chi connectivity index (χ4n) is 3.49. The highest BCUT2D eigenvalue weighted by Crippen LogP contribution is 2.36. The molecular weight excluding hydrogens is 397 g/mol. The average molecular weight is 426 g/mol. The van der Waals surface area contributed by atoms with E-state index in [0.29, 0.717) is 0 Å². The van der Waals surface area contributed by atoms with Crippen molar-refractivity contribution in [3.05, 3.63) is 12.4 Å². The number of thioether (sulfide) groups is 1. The lowest BCUT2D eigenvalue weighted by Gasteiger charge is -2.35. The van der Waals surface area contributed by atoms with Crippen LogP contribution in [0.5, 0.6) is 0 Å². The Morgan fingerprint density at radius 3 is 2.50 bits per heavy atom. The van der Waals surface area contributed by atoms with Gasteiger partial charge in [-0.05, 0) is 53.4 Å². The van der Waals surface area contributed by atoms with Gasteiger partial charge in [-0.25, -0.2) is 9.97 Å². The maximum absolute atomic E-state index is 12.0. The number of alkyl halides is 1. The van der Waals surface area contributed by atoms with Crippen LogP contribution in [0.4, 0.5) is 0 Å². The Labute approximate surface area is 177 Å². The Bertz CT molecular complexity index is 674. The van der Waals surface area contributed by atoms with Crippen molar-refractivity contribution in [3.63, 3.8) is 0 Å². The highest BCUT2D eigenvalue weighted by molar-refractivity contribution is 7.99. The van der Waals surface area contributed by atoms with Gasteiger partial charge in [0.15, 0.2) is 5.16 Å². The standard InChI is InChI=1S/C19H29BClN3O3S/c1-18(2)19(3,4)27-20(26-18)14-12-22-17(23-13-14)28-10-8-15-7-5-6-9-24(15)16(25)11-21/h12-13,15H,5-11H2,1-4H3/t15-/m0/s1. The van der Waals surface area contributed by atoms with Crippen LogP contribution in [0.25, 0.3) is 0 Å². The predicted octanol–water partition coefficient (Wildman–Crippen LogP) is 2.88. The molecule has 3 rings (SSSR count). The molecule has 1 amide bonds. The number of halogens is 1. The molecule has 1 aromatic heterocycles. The van der Waals surface area contributed by atoms with E-state index in [1.165, 1.54) is 6.42 Å². The second kappa shape index (κ2) is 8.90. The Kier molecular flexibility index (Phi) is 6.95. The fourth-order valence-corrected chi connectivity index (χ4v) is 4.47. The molecule has 2 aliphatic heterocycles. The van der Waals surface area contributed by atoms with Crippen molar-refractivity contribution in [1.29, 1.82) is 0 Å². The minimum atomic E-state index is -0.443. The fraction of sp³-hybridized carbons (Fsp3) is 0.737. The number of piperidine rings is 1. The lowest BCUT2D eigenvalue weighted by atomic mass is 9.81. The first-order valence-electron chi connectivity index (χ1n) is 9.89. The summed E-state index contributed by atoms with van der Waals surface area (Å²) < 4.78 is 12.1. The molecule has 6 nitrogen and oxygen atoms in total. The Balaban J connectivity index is 1.52. The number of hydrogen-bond acceptors (Lipinski definition) is 6. The summed E-state index contributed by atoms with van der Waals surface area (Å²) in [6, 6.07) is 0.275. The SMILES string of the molecule is CC1(C)OB(c2cnc(SCC[C@@H]3CCCCN3C(=O)CCl)nc2)OC1(C)C. The van der Waals surface area contributed by atoms with Crippen molar-refractivity contribution in [2.75, 3.05) is 18.2 Å². The van der Waals surface area contributed by atoms with Crippen LogP contribution in [0.2, 0.25) is 0 Å². The highest BCUT2D eigenvalue weighted by atomic mass is 35.5. The van der Waals surface area contributed by atoms with Gasteiger partial charge in [-0.1, -0.05) is 11.8 Å². The normalized spacial score (nSPS) is 23.8. The van der Waals surface area contributed by atoms with Gasteiger partial charge < -0.3 is 14.2 Å². The maximum Gasteiger partial charge on any atom is 0.498 e. The zero-order valence-electron chi connectivity index (χ0n) is 17.1. The van der Waals surface area contributed by atoms with Gasteiger partial charge in [0.05, 0.1) is 11.2 Å². The predicted molar refractivity (Wildman–Crippen MR) is 113 cm³/mol. The lowest BCUT2D eigenvalue weighted by Crippen LogP contribution is -2.44. The Hall–Kier alpha value is -0.825. The summed E-state index contributed by atoms with van der Waals surface area (Å²) in [5.41, 5.74) is 0.0728. The molecule has 2 fully saturated rings. The van der Waals surface area contributed by atoms with E-state index in [4.69, 9.17) is 20.9 Å². The van der Waals surface area contributed by atoms with Crippen LogP contribution in [0.15, 0.2) is 17.6 Å². The summed E-state index contributed by atoms with van der Waals surface area (Å²) in [6.45, 7) is 8.94. The molecule has 0 spiro atoms. The minimum absolute atomic E-state index is 0.0411. The average Bonchev–Trinajstić information content (AvgIpc) is 2.89. The summed E-state index contributed by atoms with van der Waals surface area (Å²) in [6.07, 6.45) is 7.76. The second-order valence-corrected chi connectivity index (χ2v) is 9.72. The van der Waals surface area contributed by atoms with Crippen molar-refractivity contribution in [2.24, 2.45) is 0 Å². The van der Waals surface area contributed by atoms with E-state index < -0.39 is 7.12 Å². The molecule has 0 bridgehead atoms. The first-order chi connectivity index (χ1) is 13.2. The van der Waals surface area contributed by atoms with E-state index in [9.17, 15) is 4.79 Å². The van der Waals surface area contributed by atoms with E-state index in [0.717, 1.165) is 42.2 Å². The highest BCUT2D eigenvalue weighted by Gasteiger charge is 2.51. The van der Waals surface area contributed by atoms with Crippen molar-refractivity contribution in [1.82, 2.24) is 14.9 Å². The summed E-state index contributed by atoms with van der Waals surface area (Å²) in [4.78, 5) is 22.9. The zero-order chi connectivity index (χ0) is 20.4. The molecule has 1 aromatic rings. The smallest absolute Gasteiger partial charge is 0.399 e. The molecule has 0 aromatic carbocycles. The van der Waals surface area contributed by atoms with Crippen molar-refractivity contribution in [3.8, 4) is 0 Å². The molecule has 3 heterocycles. The molecule has 0 unspecified atom stereocenters. The molecule has 0 aliphatic carbocycles. The van der Waals surface area contributed by atoms with Crippen molar-refractivity contribution in [2.45, 2.75) is 75.8 Å². The molecule has 0 saturated carbocycles. The van der Waals surface area contributed by atoms with Crippen LogP contribution < -0.4 is 5.46 Å². The van der Waals surface area contributed by atoms with E-state index >= 15 is 0 Å². The molecule has 2 aliphatic rings. The van der Waals surface area contributed by atoms with Crippen LogP contribution in [-0.4, -0.2) is 63.3 Å². The number of carbonyl (C=O) groups excluding carboxylic acids is 1. The Morgan fingerprint density at radius 2 is 1.89 bits per heavy atom. The third-order valence-electron chi connectivity index (χ3n) is 5.92. The molecule has 154 valence electrons. The second-order valence-electron chi connectivity index (χ2n) is 8.39. The van der Waals surface area contributed by atoms with Crippen LogP contribution in [0.3, 0.4) is 0 Å². The quantitative estimate of drug-likeness (QED) is 0.302. The minimum Gasteiger partial charge on any atom is -0.399 e.